The number of anilines is 3. The molecule has 2 N–H and O–H groups in total. The van der Waals surface area contributed by atoms with Crippen LogP contribution in [-0.4, -0.2) is 51.1 Å². The van der Waals surface area contributed by atoms with Gasteiger partial charge in [0.15, 0.2) is 18.2 Å². The highest BCUT2D eigenvalue weighted by Crippen LogP contribution is 2.51. The Morgan fingerprint density at radius 3 is 2.71 bits per heavy atom. The number of hydrogen-bond donors (Lipinski definition) is 2. The Morgan fingerprint density at radius 2 is 2.03 bits per heavy atom. The van der Waals surface area contributed by atoms with Crippen molar-refractivity contribution in [2.24, 2.45) is 11.8 Å². The lowest BCUT2D eigenvalue weighted by molar-refractivity contribution is -0.122. The fourth-order valence-electron chi connectivity index (χ4n) is 4.58. The predicted octanol–water partition coefficient (Wildman–Crippen LogP) is 3.76. The molecule has 2 atom stereocenters. The van der Waals surface area contributed by atoms with Crippen LogP contribution in [-0.2, 0) is 4.79 Å². The number of alkyl halides is 1. The molecule has 1 aromatic carbocycles. The lowest BCUT2D eigenvalue weighted by atomic mass is 10.1. The Labute approximate surface area is 221 Å². The van der Waals surface area contributed by atoms with Gasteiger partial charge < -0.3 is 24.8 Å². The first-order valence-corrected chi connectivity index (χ1v) is 13.1. The first-order chi connectivity index (χ1) is 16.8. The minimum absolute atomic E-state index is 0.0972. The monoisotopic (exact) mass is 608 g/mol. The molecule has 2 aliphatic rings. The van der Waals surface area contributed by atoms with E-state index in [9.17, 15) is 9.59 Å². The number of fused-ring (bicyclic) bond motifs is 2. The van der Waals surface area contributed by atoms with Gasteiger partial charge in [0.05, 0.1) is 11.7 Å². The summed E-state index contributed by atoms with van der Waals surface area (Å²) in [5, 5.41) is 7.00. The molecule has 3 heterocycles. The summed E-state index contributed by atoms with van der Waals surface area (Å²) in [6.45, 7) is 5.57. The topological polar surface area (TPSA) is 101 Å². The van der Waals surface area contributed by atoms with E-state index in [-0.39, 0.29) is 29.9 Å². The van der Waals surface area contributed by atoms with E-state index in [0.717, 1.165) is 45.4 Å². The molecule has 3 aromatic rings. The van der Waals surface area contributed by atoms with Gasteiger partial charge >= 0.3 is 0 Å². The minimum atomic E-state index is -0.311. The molecular weight excluding hydrogens is 583 g/mol. The zero-order valence-electron chi connectivity index (χ0n) is 19.6. The van der Waals surface area contributed by atoms with Crippen LogP contribution in [0, 0.1) is 11.8 Å². The van der Waals surface area contributed by atoms with E-state index in [1.807, 2.05) is 32.0 Å². The third-order valence-corrected chi connectivity index (χ3v) is 8.65. The standard InChI is InChI=1S/C24H26ClIN6O3/c1-12(2)32-18-5-4-14(6-13(18)7-19(23(32)34)35-11-20(33)27-3)29-22-17(25)8-28-24(30-22)31-9-15-16(10-31)21(15)26/h4-8,12,15-16,21H,9-11H2,1-3H3,(H,27,33)(H,28,29,30). The number of pyridine rings is 1. The van der Waals surface area contributed by atoms with E-state index >= 15 is 0 Å². The van der Waals surface area contributed by atoms with Gasteiger partial charge in [0.25, 0.3) is 11.5 Å². The number of carbonyl (C=O) groups is 1. The molecule has 35 heavy (non-hydrogen) atoms. The summed E-state index contributed by atoms with van der Waals surface area (Å²) in [5.41, 5.74) is 1.24. The van der Waals surface area contributed by atoms with Gasteiger partial charge in [-0.05, 0) is 49.9 Å². The molecule has 1 aliphatic carbocycles. The van der Waals surface area contributed by atoms with Gasteiger partial charge in [-0.2, -0.15) is 4.98 Å². The number of benzene rings is 1. The van der Waals surface area contributed by atoms with Gasteiger partial charge in [0, 0.05) is 41.2 Å². The fourth-order valence-corrected chi connectivity index (χ4v) is 6.00. The molecule has 1 aliphatic heterocycles. The Bertz CT molecular complexity index is 1350. The molecule has 1 amide bonds. The fraction of sp³-hybridized carbons (Fsp3) is 0.417. The largest absolute Gasteiger partial charge is 0.478 e. The summed E-state index contributed by atoms with van der Waals surface area (Å²) in [7, 11) is 1.52. The second kappa shape index (κ2) is 9.45. The second-order valence-corrected chi connectivity index (χ2v) is 11.0. The number of rotatable bonds is 7. The maximum absolute atomic E-state index is 13.0. The highest BCUT2D eigenvalue weighted by molar-refractivity contribution is 14.1. The number of halogens is 2. The van der Waals surface area contributed by atoms with Gasteiger partial charge in [0.1, 0.15) is 5.02 Å². The first kappa shape index (κ1) is 24.1. The van der Waals surface area contributed by atoms with Crippen molar-refractivity contribution in [1.82, 2.24) is 19.9 Å². The second-order valence-electron chi connectivity index (χ2n) is 9.18. The Hall–Kier alpha value is -2.60. The smallest absolute Gasteiger partial charge is 0.293 e. The van der Waals surface area contributed by atoms with Crippen LogP contribution in [0.15, 0.2) is 35.3 Å². The van der Waals surface area contributed by atoms with Gasteiger partial charge in [-0.1, -0.05) is 34.2 Å². The minimum Gasteiger partial charge on any atom is -0.478 e. The normalized spacial score (nSPS) is 20.7. The number of likely N-dealkylation sites (N-methyl/N-ethyl adjacent to an activating group) is 1. The number of aromatic nitrogens is 3. The lowest BCUT2D eigenvalue weighted by Crippen LogP contribution is -2.29. The third kappa shape index (κ3) is 4.65. The molecule has 5 rings (SSSR count). The number of piperidine rings is 1. The maximum atomic E-state index is 13.0. The van der Waals surface area contributed by atoms with E-state index in [1.54, 1.807) is 16.8 Å². The highest BCUT2D eigenvalue weighted by atomic mass is 127. The van der Waals surface area contributed by atoms with E-state index < -0.39 is 0 Å². The molecule has 9 nitrogen and oxygen atoms in total. The molecule has 1 saturated carbocycles. The summed E-state index contributed by atoms with van der Waals surface area (Å²) in [4.78, 5) is 36.0. The Kier molecular flexibility index (Phi) is 6.51. The van der Waals surface area contributed by atoms with Crippen molar-refractivity contribution < 1.29 is 9.53 Å². The van der Waals surface area contributed by atoms with Crippen molar-refractivity contribution in [3.63, 3.8) is 0 Å². The zero-order chi connectivity index (χ0) is 24.9. The van der Waals surface area contributed by atoms with Crippen LogP contribution in [0.25, 0.3) is 10.9 Å². The van der Waals surface area contributed by atoms with Crippen molar-refractivity contribution in [3.05, 3.63) is 45.8 Å². The number of nitrogens with zero attached hydrogens (tertiary/aromatic N) is 4. The van der Waals surface area contributed by atoms with Gasteiger partial charge in [-0.25, -0.2) is 4.98 Å². The van der Waals surface area contributed by atoms with E-state index in [1.165, 1.54) is 7.05 Å². The number of hydrogen-bond acceptors (Lipinski definition) is 7. The summed E-state index contributed by atoms with van der Waals surface area (Å²) in [5.74, 6) is 2.46. The van der Waals surface area contributed by atoms with Gasteiger partial charge in [-0.3, -0.25) is 9.59 Å². The summed E-state index contributed by atoms with van der Waals surface area (Å²) < 4.78 is 7.97. The molecule has 0 spiro atoms. The quantitative estimate of drug-likeness (QED) is 0.311. The van der Waals surface area contributed by atoms with Gasteiger partial charge in [-0.15, -0.1) is 0 Å². The van der Waals surface area contributed by atoms with Crippen LogP contribution in [0.2, 0.25) is 5.02 Å². The first-order valence-electron chi connectivity index (χ1n) is 11.5. The zero-order valence-corrected chi connectivity index (χ0v) is 22.5. The number of nitrogens with one attached hydrogen (secondary N) is 2. The van der Waals surface area contributed by atoms with Crippen molar-refractivity contribution in [1.29, 1.82) is 0 Å². The van der Waals surface area contributed by atoms with E-state index in [4.69, 9.17) is 21.3 Å². The molecule has 1 saturated heterocycles. The highest BCUT2D eigenvalue weighted by Gasteiger charge is 2.54. The molecule has 2 fully saturated rings. The van der Waals surface area contributed by atoms with Crippen LogP contribution in [0.5, 0.6) is 5.75 Å². The molecular formula is C24H26ClIN6O3. The molecule has 0 bridgehead atoms. The van der Waals surface area contributed by atoms with Crippen LogP contribution >= 0.6 is 34.2 Å². The average molecular weight is 609 g/mol. The molecule has 11 heteroatoms. The molecule has 0 radical (unpaired) electrons. The summed E-state index contributed by atoms with van der Waals surface area (Å²) in [6, 6.07) is 7.24. The predicted molar refractivity (Wildman–Crippen MR) is 145 cm³/mol. The number of ether oxygens (including phenoxy) is 1. The lowest BCUT2D eigenvalue weighted by Gasteiger charge is -2.20. The van der Waals surface area contributed by atoms with Crippen molar-refractivity contribution in [3.8, 4) is 5.75 Å². The average Bonchev–Trinajstić information content (AvgIpc) is 3.22. The van der Waals surface area contributed by atoms with E-state index in [2.05, 4.69) is 43.1 Å². The number of carbonyl (C=O) groups excluding carboxylic acids is 1. The van der Waals surface area contributed by atoms with Crippen molar-refractivity contribution >= 4 is 68.5 Å². The van der Waals surface area contributed by atoms with Crippen LogP contribution in [0.4, 0.5) is 17.5 Å². The Balaban J connectivity index is 1.45. The maximum Gasteiger partial charge on any atom is 0.293 e. The van der Waals surface area contributed by atoms with E-state index in [0.29, 0.717) is 16.8 Å². The van der Waals surface area contributed by atoms with Crippen LogP contribution in [0.1, 0.15) is 19.9 Å². The van der Waals surface area contributed by atoms with Crippen molar-refractivity contribution in [2.75, 3.05) is 37.0 Å². The molecule has 2 aromatic heterocycles. The molecule has 184 valence electrons. The van der Waals surface area contributed by atoms with Crippen LogP contribution < -0.4 is 25.8 Å². The third-order valence-electron chi connectivity index (χ3n) is 6.52. The van der Waals surface area contributed by atoms with Crippen LogP contribution in [0.3, 0.4) is 0 Å². The summed E-state index contributed by atoms with van der Waals surface area (Å²) in [6.07, 6.45) is 1.62. The van der Waals surface area contributed by atoms with Crippen molar-refractivity contribution in [2.45, 2.75) is 23.8 Å². The Morgan fingerprint density at radius 1 is 1.29 bits per heavy atom. The summed E-state index contributed by atoms with van der Waals surface area (Å²) >= 11 is 8.95. The van der Waals surface area contributed by atoms with Gasteiger partial charge in [0.2, 0.25) is 5.95 Å². The SMILES string of the molecule is CNC(=O)COc1cc2cc(Nc3nc(N4CC5C(I)C5C4)ncc3Cl)ccc2n(C(C)C)c1=O. The number of amides is 1. The molecule has 2 unspecified atom stereocenters.